The highest BCUT2D eigenvalue weighted by atomic mass is 16.5. The topological polar surface area (TPSA) is 38.5 Å². The normalized spacial score (nSPS) is 21.3. The van der Waals surface area contributed by atoms with E-state index in [1.807, 2.05) is 0 Å². The Bertz CT molecular complexity index is 176. The van der Waals surface area contributed by atoms with E-state index in [1.165, 1.54) is 12.0 Å². The molecule has 0 aromatic rings. The molecule has 3 nitrogen and oxygen atoms in total. The summed E-state index contributed by atoms with van der Waals surface area (Å²) in [6.07, 6.45) is 3.65. The van der Waals surface area contributed by atoms with E-state index in [-0.39, 0.29) is 6.10 Å². The number of methoxy groups -OCH3 is 1. The Morgan fingerprint density at radius 2 is 2.46 bits per heavy atom. The van der Waals surface area contributed by atoms with Gasteiger partial charge < -0.3 is 10.5 Å². The van der Waals surface area contributed by atoms with Gasteiger partial charge in [0.1, 0.15) is 0 Å². The van der Waals surface area contributed by atoms with Gasteiger partial charge in [-0.1, -0.05) is 11.6 Å². The van der Waals surface area contributed by atoms with Crippen LogP contribution < -0.4 is 5.73 Å². The summed E-state index contributed by atoms with van der Waals surface area (Å²) in [6.45, 7) is 5.94. The summed E-state index contributed by atoms with van der Waals surface area (Å²) < 4.78 is 5.24. The van der Waals surface area contributed by atoms with Crippen LogP contribution in [0.4, 0.5) is 0 Å². The molecule has 1 unspecified atom stereocenters. The molecule has 1 aliphatic rings. The summed E-state index contributed by atoms with van der Waals surface area (Å²) in [6, 6.07) is 0. The Morgan fingerprint density at radius 3 is 2.92 bits per heavy atom. The van der Waals surface area contributed by atoms with Crippen LogP contribution in [-0.2, 0) is 4.74 Å². The zero-order valence-electron chi connectivity index (χ0n) is 8.62. The van der Waals surface area contributed by atoms with Gasteiger partial charge >= 0.3 is 0 Å². The molecule has 0 spiro atoms. The van der Waals surface area contributed by atoms with Gasteiger partial charge in [0.05, 0.1) is 6.10 Å². The lowest BCUT2D eigenvalue weighted by Crippen LogP contribution is -2.39. The van der Waals surface area contributed by atoms with Crippen molar-refractivity contribution in [3.05, 3.63) is 11.6 Å². The second-order valence-corrected chi connectivity index (χ2v) is 3.65. The van der Waals surface area contributed by atoms with Crippen LogP contribution in [0.5, 0.6) is 0 Å². The fourth-order valence-corrected chi connectivity index (χ4v) is 1.51. The van der Waals surface area contributed by atoms with E-state index < -0.39 is 0 Å². The highest BCUT2D eigenvalue weighted by Crippen LogP contribution is 2.09. The lowest BCUT2D eigenvalue weighted by atomic mass is 10.1. The first kappa shape index (κ1) is 10.7. The Morgan fingerprint density at radius 1 is 1.69 bits per heavy atom. The van der Waals surface area contributed by atoms with Crippen LogP contribution >= 0.6 is 0 Å². The standard InChI is InChI=1S/C10H20N2O/c1-9-3-5-12(6-4-9)8-10(7-11)13-2/h3,10H,4-8,11H2,1-2H3. The van der Waals surface area contributed by atoms with Crippen molar-refractivity contribution < 1.29 is 4.74 Å². The number of hydrogen-bond acceptors (Lipinski definition) is 3. The molecule has 13 heavy (non-hydrogen) atoms. The molecule has 1 rings (SSSR count). The highest BCUT2D eigenvalue weighted by molar-refractivity contribution is 5.03. The van der Waals surface area contributed by atoms with Gasteiger partial charge in [0.2, 0.25) is 0 Å². The molecule has 0 aliphatic carbocycles. The predicted octanol–water partition coefficient (Wildman–Crippen LogP) is 0.612. The minimum absolute atomic E-state index is 0.187. The average molecular weight is 184 g/mol. The summed E-state index contributed by atoms with van der Waals surface area (Å²) in [5.74, 6) is 0. The van der Waals surface area contributed by atoms with Crippen LogP contribution in [0.3, 0.4) is 0 Å². The van der Waals surface area contributed by atoms with Gasteiger partial charge in [0, 0.05) is 33.3 Å². The molecule has 76 valence electrons. The molecule has 0 radical (unpaired) electrons. The lowest BCUT2D eigenvalue weighted by Gasteiger charge is -2.28. The molecule has 0 aromatic carbocycles. The maximum absolute atomic E-state index is 5.56. The Kier molecular flexibility index (Phi) is 4.42. The molecule has 0 bridgehead atoms. The molecule has 3 heteroatoms. The van der Waals surface area contributed by atoms with Crippen LogP contribution in [0.15, 0.2) is 11.6 Å². The van der Waals surface area contributed by atoms with Crippen molar-refractivity contribution in [2.24, 2.45) is 5.73 Å². The van der Waals surface area contributed by atoms with E-state index in [9.17, 15) is 0 Å². The van der Waals surface area contributed by atoms with Gasteiger partial charge in [-0.3, -0.25) is 4.90 Å². The molecule has 0 fully saturated rings. The number of hydrogen-bond donors (Lipinski definition) is 1. The molecule has 1 aliphatic heterocycles. The molecule has 0 saturated carbocycles. The number of nitrogens with zero attached hydrogens (tertiary/aromatic N) is 1. The van der Waals surface area contributed by atoms with E-state index in [0.29, 0.717) is 6.54 Å². The van der Waals surface area contributed by atoms with Crippen LogP contribution in [0, 0.1) is 0 Å². The predicted molar refractivity (Wildman–Crippen MR) is 54.7 cm³/mol. The molecular formula is C10H20N2O. The van der Waals surface area contributed by atoms with E-state index in [1.54, 1.807) is 7.11 Å². The van der Waals surface area contributed by atoms with Crippen molar-refractivity contribution in [1.29, 1.82) is 0 Å². The summed E-state index contributed by atoms with van der Waals surface area (Å²) >= 11 is 0. The first-order chi connectivity index (χ1) is 6.26. The van der Waals surface area contributed by atoms with E-state index >= 15 is 0 Å². The number of nitrogens with two attached hydrogens (primary N) is 1. The number of rotatable bonds is 4. The summed E-state index contributed by atoms with van der Waals surface area (Å²) in [5, 5.41) is 0. The minimum atomic E-state index is 0.187. The van der Waals surface area contributed by atoms with Gasteiger partial charge in [0.25, 0.3) is 0 Å². The third-order valence-corrected chi connectivity index (χ3v) is 2.58. The zero-order valence-corrected chi connectivity index (χ0v) is 8.62. The maximum Gasteiger partial charge on any atom is 0.0820 e. The fraction of sp³-hybridized carbons (Fsp3) is 0.800. The van der Waals surface area contributed by atoms with Crippen molar-refractivity contribution in [3.63, 3.8) is 0 Å². The van der Waals surface area contributed by atoms with E-state index in [2.05, 4.69) is 17.9 Å². The van der Waals surface area contributed by atoms with Gasteiger partial charge in [-0.2, -0.15) is 0 Å². The van der Waals surface area contributed by atoms with Crippen molar-refractivity contribution in [2.75, 3.05) is 33.3 Å². The average Bonchev–Trinajstić information content (AvgIpc) is 2.17. The molecule has 2 N–H and O–H groups in total. The first-order valence-corrected chi connectivity index (χ1v) is 4.87. The van der Waals surface area contributed by atoms with Gasteiger partial charge in [0.15, 0.2) is 0 Å². The Balaban J connectivity index is 2.30. The molecule has 0 aromatic heterocycles. The second-order valence-electron chi connectivity index (χ2n) is 3.65. The fourth-order valence-electron chi connectivity index (χ4n) is 1.51. The Labute approximate surface area is 80.5 Å². The monoisotopic (exact) mass is 184 g/mol. The van der Waals surface area contributed by atoms with E-state index in [4.69, 9.17) is 10.5 Å². The van der Waals surface area contributed by atoms with Crippen molar-refractivity contribution in [1.82, 2.24) is 4.90 Å². The number of ether oxygens (including phenoxy) is 1. The van der Waals surface area contributed by atoms with Gasteiger partial charge in [-0.05, 0) is 13.3 Å². The van der Waals surface area contributed by atoms with Crippen LogP contribution in [0.1, 0.15) is 13.3 Å². The largest absolute Gasteiger partial charge is 0.379 e. The van der Waals surface area contributed by atoms with Gasteiger partial charge in [-0.15, -0.1) is 0 Å². The second kappa shape index (κ2) is 5.37. The van der Waals surface area contributed by atoms with Crippen molar-refractivity contribution in [3.8, 4) is 0 Å². The third kappa shape index (κ3) is 3.46. The maximum atomic E-state index is 5.56. The van der Waals surface area contributed by atoms with E-state index in [0.717, 1.165) is 19.6 Å². The van der Waals surface area contributed by atoms with Gasteiger partial charge in [-0.25, -0.2) is 0 Å². The SMILES string of the molecule is COC(CN)CN1CC=C(C)CC1. The summed E-state index contributed by atoms with van der Waals surface area (Å²) in [5.41, 5.74) is 7.06. The quantitative estimate of drug-likeness (QED) is 0.651. The molecule has 1 atom stereocenters. The summed E-state index contributed by atoms with van der Waals surface area (Å²) in [4.78, 5) is 2.38. The molecule has 0 saturated heterocycles. The minimum Gasteiger partial charge on any atom is -0.379 e. The lowest BCUT2D eigenvalue weighted by molar-refractivity contribution is 0.0726. The smallest absolute Gasteiger partial charge is 0.0820 e. The third-order valence-electron chi connectivity index (χ3n) is 2.58. The summed E-state index contributed by atoms with van der Waals surface area (Å²) in [7, 11) is 1.72. The Hall–Kier alpha value is -0.380. The first-order valence-electron chi connectivity index (χ1n) is 4.87. The highest BCUT2D eigenvalue weighted by Gasteiger charge is 2.13. The molecule has 1 heterocycles. The van der Waals surface area contributed by atoms with Crippen LogP contribution in [0.2, 0.25) is 0 Å². The molecule has 0 amide bonds. The van der Waals surface area contributed by atoms with Crippen LogP contribution in [0.25, 0.3) is 0 Å². The molecular weight excluding hydrogens is 164 g/mol. The van der Waals surface area contributed by atoms with Crippen molar-refractivity contribution in [2.45, 2.75) is 19.4 Å². The van der Waals surface area contributed by atoms with Crippen molar-refractivity contribution >= 4 is 0 Å². The zero-order chi connectivity index (χ0) is 9.68. The van der Waals surface area contributed by atoms with Crippen LogP contribution in [-0.4, -0.2) is 44.3 Å².